The summed E-state index contributed by atoms with van der Waals surface area (Å²) in [6.07, 6.45) is 6.37. The summed E-state index contributed by atoms with van der Waals surface area (Å²) in [5.74, 6) is 1.01. The van der Waals surface area contributed by atoms with Gasteiger partial charge in [-0.25, -0.2) is 4.39 Å². The second kappa shape index (κ2) is 12.8. The first-order valence-electron chi connectivity index (χ1n) is 10.2. The summed E-state index contributed by atoms with van der Waals surface area (Å²) in [5, 5.41) is 3.49. The number of ether oxygens (including phenoxy) is 2. The molecule has 0 heterocycles. The zero-order chi connectivity index (χ0) is 20.2. The zero-order valence-corrected chi connectivity index (χ0v) is 18.5. The van der Waals surface area contributed by atoms with Crippen LogP contribution in [0.2, 0.25) is 0 Å². The van der Waals surface area contributed by atoms with Gasteiger partial charge in [0.1, 0.15) is 12.4 Å². The standard InChI is InChI=1S/C23H31BrFNO2/c1-3-5-6-7-10-13-26-16-18-14-20(24)23(22(15-18)27-4-2)28-17-19-11-8-9-12-21(19)25/h8-9,11-12,14-15,26H,3-7,10,13,16-17H2,1-2H3. The molecule has 0 atom stereocenters. The first-order chi connectivity index (χ1) is 13.7. The van der Waals surface area contributed by atoms with Crippen molar-refractivity contribution in [1.29, 1.82) is 0 Å². The van der Waals surface area contributed by atoms with Gasteiger partial charge in [-0.3, -0.25) is 0 Å². The van der Waals surface area contributed by atoms with E-state index in [1.807, 2.05) is 19.1 Å². The minimum absolute atomic E-state index is 0.153. The van der Waals surface area contributed by atoms with Gasteiger partial charge in [0.25, 0.3) is 0 Å². The van der Waals surface area contributed by atoms with Gasteiger partial charge in [0.2, 0.25) is 0 Å². The van der Waals surface area contributed by atoms with Crippen molar-refractivity contribution in [2.75, 3.05) is 13.2 Å². The highest BCUT2D eigenvalue weighted by molar-refractivity contribution is 9.10. The van der Waals surface area contributed by atoms with Crippen LogP contribution in [-0.2, 0) is 13.2 Å². The largest absolute Gasteiger partial charge is 0.490 e. The van der Waals surface area contributed by atoms with Gasteiger partial charge in [-0.15, -0.1) is 0 Å². The second-order valence-corrected chi connectivity index (χ2v) is 7.66. The molecule has 0 saturated heterocycles. The van der Waals surface area contributed by atoms with Gasteiger partial charge >= 0.3 is 0 Å². The summed E-state index contributed by atoms with van der Waals surface area (Å²) in [5.41, 5.74) is 1.65. The van der Waals surface area contributed by atoms with Crippen LogP contribution in [0.1, 0.15) is 57.1 Å². The van der Waals surface area contributed by atoms with E-state index in [0.29, 0.717) is 23.7 Å². The average Bonchev–Trinajstić information content (AvgIpc) is 2.68. The molecule has 0 unspecified atom stereocenters. The molecule has 2 aromatic carbocycles. The highest BCUT2D eigenvalue weighted by Crippen LogP contribution is 2.37. The molecule has 2 rings (SSSR count). The maximum atomic E-state index is 13.8. The van der Waals surface area contributed by atoms with Crippen molar-refractivity contribution in [2.45, 2.75) is 59.1 Å². The Labute approximate surface area is 176 Å². The Kier molecular flexibility index (Phi) is 10.4. The van der Waals surface area contributed by atoms with Gasteiger partial charge in [0.15, 0.2) is 11.5 Å². The summed E-state index contributed by atoms with van der Waals surface area (Å²) in [6, 6.07) is 10.7. The summed E-state index contributed by atoms with van der Waals surface area (Å²) in [4.78, 5) is 0. The van der Waals surface area contributed by atoms with Gasteiger partial charge in [-0.1, -0.05) is 50.8 Å². The molecule has 0 fully saturated rings. The third kappa shape index (κ3) is 7.44. The Morgan fingerprint density at radius 2 is 1.79 bits per heavy atom. The lowest BCUT2D eigenvalue weighted by Crippen LogP contribution is -2.15. The molecule has 0 aliphatic carbocycles. The predicted molar refractivity (Wildman–Crippen MR) is 117 cm³/mol. The Morgan fingerprint density at radius 1 is 1.00 bits per heavy atom. The number of rotatable bonds is 13. The van der Waals surface area contributed by atoms with Crippen LogP contribution in [0.3, 0.4) is 0 Å². The normalized spacial score (nSPS) is 10.9. The second-order valence-electron chi connectivity index (χ2n) is 6.81. The number of halogens is 2. The van der Waals surface area contributed by atoms with E-state index >= 15 is 0 Å². The van der Waals surface area contributed by atoms with Crippen LogP contribution in [0.5, 0.6) is 11.5 Å². The Bertz CT molecular complexity index is 724. The molecular formula is C23H31BrFNO2. The molecule has 5 heteroatoms. The fourth-order valence-electron chi connectivity index (χ4n) is 2.98. The van der Waals surface area contributed by atoms with E-state index in [1.165, 1.54) is 38.2 Å². The van der Waals surface area contributed by atoms with E-state index in [-0.39, 0.29) is 12.4 Å². The quantitative estimate of drug-likeness (QED) is 0.346. The Morgan fingerprint density at radius 3 is 2.54 bits per heavy atom. The van der Waals surface area contributed by atoms with Crippen LogP contribution in [0, 0.1) is 5.82 Å². The average molecular weight is 452 g/mol. The van der Waals surface area contributed by atoms with Gasteiger partial charge in [-0.05, 0) is 59.6 Å². The van der Waals surface area contributed by atoms with Crippen molar-refractivity contribution in [3.63, 3.8) is 0 Å². The van der Waals surface area contributed by atoms with Crippen molar-refractivity contribution < 1.29 is 13.9 Å². The summed E-state index contributed by atoms with van der Waals surface area (Å²) < 4.78 is 26.3. The number of unbranched alkanes of at least 4 members (excludes halogenated alkanes) is 4. The zero-order valence-electron chi connectivity index (χ0n) is 16.9. The first-order valence-corrected chi connectivity index (χ1v) is 11.0. The van der Waals surface area contributed by atoms with Crippen molar-refractivity contribution in [1.82, 2.24) is 5.32 Å². The molecule has 0 aliphatic rings. The van der Waals surface area contributed by atoms with E-state index in [1.54, 1.807) is 18.2 Å². The van der Waals surface area contributed by atoms with Crippen LogP contribution in [0.15, 0.2) is 40.9 Å². The third-order valence-electron chi connectivity index (χ3n) is 4.49. The summed E-state index contributed by atoms with van der Waals surface area (Å²) >= 11 is 3.58. The van der Waals surface area contributed by atoms with Crippen LogP contribution in [0.25, 0.3) is 0 Å². The van der Waals surface area contributed by atoms with Crippen LogP contribution >= 0.6 is 15.9 Å². The lowest BCUT2D eigenvalue weighted by atomic mass is 10.1. The minimum Gasteiger partial charge on any atom is -0.490 e. The molecule has 0 radical (unpaired) electrons. The molecule has 0 aliphatic heterocycles. The molecule has 0 amide bonds. The SMILES string of the molecule is CCCCCCCNCc1cc(Br)c(OCc2ccccc2F)c(OCC)c1. The van der Waals surface area contributed by atoms with Crippen LogP contribution < -0.4 is 14.8 Å². The van der Waals surface area contributed by atoms with Gasteiger partial charge in [0, 0.05) is 12.1 Å². The monoisotopic (exact) mass is 451 g/mol. The lowest BCUT2D eigenvalue weighted by molar-refractivity contribution is 0.264. The molecule has 0 aromatic heterocycles. The van der Waals surface area contributed by atoms with Crippen LogP contribution in [-0.4, -0.2) is 13.2 Å². The minimum atomic E-state index is -0.267. The topological polar surface area (TPSA) is 30.5 Å². The number of nitrogens with one attached hydrogen (secondary N) is 1. The fourth-order valence-corrected chi connectivity index (χ4v) is 3.58. The molecule has 3 nitrogen and oxygen atoms in total. The molecule has 28 heavy (non-hydrogen) atoms. The lowest BCUT2D eigenvalue weighted by Gasteiger charge is -2.16. The van der Waals surface area contributed by atoms with E-state index in [0.717, 1.165) is 23.1 Å². The highest BCUT2D eigenvalue weighted by atomic mass is 79.9. The summed E-state index contributed by atoms with van der Waals surface area (Å²) in [7, 11) is 0. The van der Waals surface area contributed by atoms with Crippen molar-refractivity contribution in [2.24, 2.45) is 0 Å². The van der Waals surface area contributed by atoms with Crippen molar-refractivity contribution in [3.8, 4) is 11.5 Å². The van der Waals surface area contributed by atoms with E-state index in [2.05, 4.69) is 28.2 Å². The fraction of sp³-hybridized carbons (Fsp3) is 0.478. The van der Waals surface area contributed by atoms with Gasteiger partial charge in [0.05, 0.1) is 11.1 Å². The van der Waals surface area contributed by atoms with Crippen molar-refractivity contribution in [3.05, 3.63) is 57.8 Å². The van der Waals surface area contributed by atoms with E-state index in [4.69, 9.17) is 9.47 Å². The molecule has 0 saturated carbocycles. The van der Waals surface area contributed by atoms with Gasteiger partial charge < -0.3 is 14.8 Å². The first kappa shape index (κ1) is 22.7. The number of hydrogen-bond donors (Lipinski definition) is 1. The molecule has 154 valence electrons. The van der Waals surface area contributed by atoms with Crippen molar-refractivity contribution >= 4 is 15.9 Å². The highest BCUT2D eigenvalue weighted by Gasteiger charge is 2.13. The Hall–Kier alpha value is -1.59. The molecule has 0 bridgehead atoms. The number of benzene rings is 2. The van der Waals surface area contributed by atoms with E-state index in [9.17, 15) is 4.39 Å². The smallest absolute Gasteiger partial charge is 0.175 e. The molecule has 0 spiro atoms. The van der Waals surface area contributed by atoms with Gasteiger partial charge in [-0.2, -0.15) is 0 Å². The molecule has 2 aromatic rings. The maximum absolute atomic E-state index is 13.8. The Balaban J connectivity index is 1.95. The third-order valence-corrected chi connectivity index (χ3v) is 5.07. The maximum Gasteiger partial charge on any atom is 0.175 e. The number of hydrogen-bond acceptors (Lipinski definition) is 3. The molecular weight excluding hydrogens is 421 g/mol. The molecule has 1 N–H and O–H groups in total. The van der Waals surface area contributed by atoms with E-state index < -0.39 is 0 Å². The predicted octanol–water partition coefficient (Wildman–Crippen LogP) is 6.63. The van der Waals surface area contributed by atoms with Crippen LogP contribution in [0.4, 0.5) is 4.39 Å². The summed E-state index contributed by atoms with van der Waals surface area (Å²) in [6.45, 7) is 6.65.